The molecule has 1 atom stereocenters. The van der Waals surface area contributed by atoms with Crippen molar-refractivity contribution < 1.29 is 13.2 Å². The largest absolute Gasteiger partial charge is 0.417 e. The van der Waals surface area contributed by atoms with E-state index in [-0.39, 0.29) is 17.5 Å². The van der Waals surface area contributed by atoms with Crippen LogP contribution in [-0.4, -0.2) is 6.04 Å². The van der Waals surface area contributed by atoms with Gasteiger partial charge in [-0.25, -0.2) is 0 Å². The van der Waals surface area contributed by atoms with Crippen molar-refractivity contribution in [2.75, 3.05) is 5.32 Å². The zero-order valence-corrected chi connectivity index (χ0v) is 9.73. The predicted octanol–water partition coefficient (Wildman–Crippen LogP) is 4.07. The normalized spacial score (nSPS) is 12.9. The van der Waals surface area contributed by atoms with Crippen LogP contribution in [0, 0.1) is 11.3 Å². The third-order valence-electron chi connectivity index (χ3n) is 2.08. The Bertz CT molecular complexity index is 437. The molecule has 1 N–H and O–H groups in total. The molecular formula is C11H10ClF3N2. The number of hydrogen-bond acceptors (Lipinski definition) is 2. The SMILES string of the molecule is CC(CC#N)Nc1ccc(Cl)c(C(F)(F)F)c1. The van der Waals surface area contributed by atoms with E-state index < -0.39 is 11.7 Å². The third kappa shape index (κ3) is 3.82. The van der Waals surface area contributed by atoms with Crippen LogP contribution in [0.2, 0.25) is 5.02 Å². The second kappa shape index (κ2) is 5.28. The summed E-state index contributed by atoms with van der Waals surface area (Å²) in [6, 6.07) is 5.29. The molecule has 2 nitrogen and oxygen atoms in total. The summed E-state index contributed by atoms with van der Waals surface area (Å²) in [6.07, 6.45) is -4.27. The lowest BCUT2D eigenvalue weighted by molar-refractivity contribution is -0.137. The van der Waals surface area contributed by atoms with E-state index in [1.807, 2.05) is 6.07 Å². The van der Waals surface area contributed by atoms with Crippen molar-refractivity contribution in [3.63, 3.8) is 0 Å². The van der Waals surface area contributed by atoms with Crippen molar-refractivity contribution in [2.24, 2.45) is 0 Å². The van der Waals surface area contributed by atoms with Crippen LogP contribution < -0.4 is 5.32 Å². The Morgan fingerprint density at radius 3 is 2.65 bits per heavy atom. The Labute approximate surface area is 102 Å². The van der Waals surface area contributed by atoms with E-state index in [1.165, 1.54) is 12.1 Å². The van der Waals surface area contributed by atoms with E-state index in [2.05, 4.69) is 5.32 Å². The molecule has 0 aliphatic rings. The molecule has 0 fully saturated rings. The molecule has 0 saturated carbocycles. The van der Waals surface area contributed by atoms with Crippen LogP contribution in [0.15, 0.2) is 18.2 Å². The van der Waals surface area contributed by atoms with Crippen LogP contribution in [-0.2, 0) is 6.18 Å². The summed E-state index contributed by atoms with van der Waals surface area (Å²) < 4.78 is 37.6. The number of anilines is 1. The molecule has 0 bridgehead atoms. The average molecular weight is 263 g/mol. The van der Waals surface area contributed by atoms with Gasteiger partial charge >= 0.3 is 6.18 Å². The molecule has 1 aromatic carbocycles. The van der Waals surface area contributed by atoms with Gasteiger partial charge in [-0.05, 0) is 25.1 Å². The summed E-state index contributed by atoms with van der Waals surface area (Å²) >= 11 is 5.48. The van der Waals surface area contributed by atoms with Crippen molar-refractivity contribution in [1.29, 1.82) is 5.26 Å². The highest BCUT2D eigenvalue weighted by molar-refractivity contribution is 6.31. The first-order chi connectivity index (χ1) is 7.84. The van der Waals surface area contributed by atoms with Gasteiger partial charge in [0, 0.05) is 11.7 Å². The van der Waals surface area contributed by atoms with Gasteiger partial charge in [-0.2, -0.15) is 18.4 Å². The molecular weight excluding hydrogens is 253 g/mol. The predicted molar refractivity (Wildman–Crippen MR) is 59.8 cm³/mol. The summed E-state index contributed by atoms with van der Waals surface area (Å²) in [6.45, 7) is 1.71. The molecule has 92 valence electrons. The lowest BCUT2D eigenvalue weighted by Crippen LogP contribution is -2.15. The van der Waals surface area contributed by atoms with Crippen molar-refractivity contribution in [3.05, 3.63) is 28.8 Å². The van der Waals surface area contributed by atoms with Gasteiger partial charge in [-0.3, -0.25) is 0 Å². The molecule has 1 rings (SSSR count). The fourth-order valence-electron chi connectivity index (χ4n) is 1.30. The van der Waals surface area contributed by atoms with Gasteiger partial charge in [-0.1, -0.05) is 11.6 Å². The van der Waals surface area contributed by atoms with Crippen molar-refractivity contribution in [3.8, 4) is 6.07 Å². The highest BCUT2D eigenvalue weighted by atomic mass is 35.5. The monoisotopic (exact) mass is 262 g/mol. The smallest absolute Gasteiger partial charge is 0.382 e. The van der Waals surface area contributed by atoms with Gasteiger partial charge in [0.2, 0.25) is 0 Å². The maximum Gasteiger partial charge on any atom is 0.417 e. The highest BCUT2D eigenvalue weighted by Crippen LogP contribution is 2.36. The number of nitrogens with zero attached hydrogens (tertiary/aromatic N) is 1. The Morgan fingerprint density at radius 2 is 2.12 bits per heavy atom. The first kappa shape index (κ1) is 13.7. The van der Waals surface area contributed by atoms with Gasteiger partial charge in [0.1, 0.15) is 0 Å². The van der Waals surface area contributed by atoms with Gasteiger partial charge in [-0.15, -0.1) is 0 Å². The number of nitrogens with one attached hydrogen (secondary N) is 1. The Balaban J connectivity index is 2.94. The Kier molecular flexibility index (Phi) is 4.24. The second-order valence-corrected chi connectivity index (χ2v) is 4.01. The van der Waals surface area contributed by atoms with E-state index in [0.717, 1.165) is 6.07 Å². The summed E-state index contributed by atoms with van der Waals surface area (Å²) in [5.41, 5.74) is -0.585. The highest BCUT2D eigenvalue weighted by Gasteiger charge is 2.33. The Morgan fingerprint density at radius 1 is 1.47 bits per heavy atom. The minimum absolute atomic E-state index is 0.212. The number of nitriles is 1. The first-order valence-electron chi connectivity index (χ1n) is 4.85. The third-order valence-corrected chi connectivity index (χ3v) is 2.41. The van der Waals surface area contributed by atoms with Crippen LogP contribution in [0.1, 0.15) is 18.9 Å². The van der Waals surface area contributed by atoms with Gasteiger partial charge < -0.3 is 5.32 Å². The number of halogens is 4. The number of hydrogen-bond donors (Lipinski definition) is 1. The molecule has 0 aromatic heterocycles. The first-order valence-corrected chi connectivity index (χ1v) is 5.22. The quantitative estimate of drug-likeness (QED) is 0.891. The van der Waals surface area contributed by atoms with Crippen LogP contribution in [0.3, 0.4) is 0 Å². The zero-order valence-electron chi connectivity index (χ0n) is 8.98. The van der Waals surface area contributed by atoms with Gasteiger partial charge in [0.05, 0.1) is 23.1 Å². The maximum atomic E-state index is 12.5. The van der Waals surface area contributed by atoms with E-state index in [1.54, 1.807) is 6.92 Å². The number of rotatable bonds is 3. The minimum atomic E-state index is -4.48. The van der Waals surface area contributed by atoms with E-state index in [0.29, 0.717) is 5.69 Å². The molecule has 1 unspecified atom stereocenters. The fourth-order valence-corrected chi connectivity index (χ4v) is 1.53. The molecule has 0 aliphatic heterocycles. The van der Waals surface area contributed by atoms with Crippen LogP contribution in [0.5, 0.6) is 0 Å². The molecule has 6 heteroatoms. The van der Waals surface area contributed by atoms with Crippen molar-refractivity contribution in [2.45, 2.75) is 25.6 Å². The maximum absolute atomic E-state index is 12.5. The van der Waals surface area contributed by atoms with Crippen LogP contribution in [0.25, 0.3) is 0 Å². The molecule has 0 aliphatic carbocycles. The second-order valence-electron chi connectivity index (χ2n) is 3.60. The topological polar surface area (TPSA) is 35.8 Å². The summed E-state index contributed by atoms with van der Waals surface area (Å²) in [4.78, 5) is 0. The molecule has 17 heavy (non-hydrogen) atoms. The fraction of sp³-hybridized carbons (Fsp3) is 0.364. The molecule has 1 aromatic rings. The minimum Gasteiger partial charge on any atom is -0.382 e. The van der Waals surface area contributed by atoms with Crippen LogP contribution in [0.4, 0.5) is 18.9 Å². The van der Waals surface area contributed by atoms with E-state index in [9.17, 15) is 13.2 Å². The zero-order chi connectivity index (χ0) is 13.1. The van der Waals surface area contributed by atoms with Gasteiger partial charge in [0.25, 0.3) is 0 Å². The lowest BCUT2D eigenvalue weighted by Gasteiger charge is -2.15. The molecule has 0 spiro atoms. The van der Waals surface area contributed by atoms with Crippen molar-refractivity contribution in [1.82, 2.24) is 0 Å². The van der Waals surface area contributed by atoms with Crippen LogP contribution >= 0.6 is 11.6 Å². The lowest BCUT2D eigenvalue weighted by atomic mass is 10.1. The number of alkyl halides is 3. The average Bonchev–Trinajstić information content (AvgIpc) is 2.19. The number of benzene rings is 1. The van der Waals surface area contributed by atoms with E-state index >= 15 is 0 Å². The summed E-state index contributed by atoms with van der Waals surface area (Å²) in [5.74, 6) is 0. The Hall–Kier alpha value is -1.41. The van der Waals surface area contributed by atoms with Crippen molar-refractivity contribution >= 4 is 17.3 Å². The summed E-state index contributed by atoms with van der Waals surface area (Å²) in [7, 11) is 0. The van der Waals surface area contributed by atoms with E-state index in [4.69, 9.17) is 16.9 Å². The standard InChI is InChI=1S/C11H10ClF3N2/c1-7(4-5-16)17-8-2-3-10(12)9(6-8)11(13,14)15/h2-3,6-7,17H,4H2,1H3. The summed E-state index contributed by atoms with van der Waals surface area (Å²) in [5, 5.41) is 10.9. The van der Waals surface area contributed by atoms with Gasteiger partial charge in [0.15, 0.2) is 0 Å². The molecule has 0 saturated heterocycles. The molecule has 0 radical (unpaired) electrons. The molecule has 0 heterocycles. The molecule has 0 amide bonds.